The Morgan fingerprint density at radius 2 is 1.71 bits per heavy atom. The van der Waals surface area contributed by atoms with E-state index in [1.54, 1.807) is 23.6 Å². The summed E-state index contributed by atoms with van der Waals surface area (Å²) in [6.07, 6.45) is 0.541. The molecule has 120 valence electrons. The van der Waals surface area contributed by atoms with E-state index in [1.165, 1.54) is 0 Å². The average Bonchev–Trinajstić information content (AvgIpc) is 2.86. The van der Waals surface area contributed by atoms with Crippen LogP contribution in [0.5, 0.6) is 0 Å². The minimum atomic E-state index is -0.819. The van der Waals surface area contributed by atoms with Crippen LogP contribution in [0.15, 0.2) is 0 Å². The molecular formula is C14H25N3O4. The van der Waals surface area contributed by atoms with Crippen molar-refractivity contribution in [3.8, 4) is 0 Å². The first kappa shape index (κ1) is 16.0. The van der Waals surface area contributed by atoms with Crippen LogP contribution in [0.3, 0.4) is 0 Å². The molecule has 0 aliphatic carbocycles. The van der Waals surface area contributed by atoms with Crippen molar-refractivity contribution in [2.24, 2.45) is 5.92 Å². The molecule has 0 radical (unpaired) electrons. The molecular weight excluding hydrogens is 274 g/mol. The molecule has 2 amide bonds. The zero-order valence-corrected chi connectivity index (χ0v) is 12.8. The third-order valence-electron chi connectivity index (χ3n) is 4.06. The lowest BCUT2D eigenvalue weighted by Crippen LogP contribution is -2.54. The highest BCUT2D eigenvalue weighted by Crippen LogP contribution is 2.19. The van der Waals surface area contributed by atoms with Crippen molar-refractivity contribution in [3.05, 3.63) is 0 Å². The van der Waals surface area contributed by atoms with E-state index >= 15 is 0 Å². The van der Waals surface area contributed by atoms with Gasteiger partial charge in [-0.2, -0.15) is 0 Å². The Morgan fingerprint density at radius 3 is 2.19 bits per heavy atom. The lowest BCUT2D eigenvalue weighted by Gasteiger charge is -2.38. The van der Waals surface area contributed by atoms with Gasteiger partial charge in [0.1, 0.15) is 0 Å². The van der Waals surface area contributed by atoms with Gasteiger partial charge in [0, 0.05) is 45.8 Å². The first-order valence-corrected chi connectivity index (χ1v) is 7.47. The van der Waals surface area contributed by atoms with Gasteiger partial charge in [0.15, 0.2) is 0 Å². The van der Waals surface area contributed by atoms with Crippen LogP contribution in [-0.4, -0.2) is 88.3 Å². The van der Waals surface area contributed by atoms with Crippen LogP contribution in [-0.2, 0) is 4.79 Å². The lowest BCUT2D eigenvalue weighted by molar-refractivity contribution is -0.141. The largest absolute Gasteiger partial charge is 0.481 e. The van der Waals surface area contributed by atoms with Crippen molar-refractivity contribution in [3.63, 3.8) is 0 Å². The molecule has 0 saturated carbocycles. The molecule has 2 fully saturated rings. The maximum absolute atomic E-state index is 12.4. The third kappa shape index (κ3) is 4.31. The molecule has 7 nitrogen and oxygen atoms in total. The highest BCUT2D eigenvalue weighted by Gasteiger charge is 2.34. The Hall–Kier alpha value is -1.34. The van der Waals surface area contributed by atoms with E-state index in [4.69, 9.17) is 5.11 Å². The molecule has 0 spiro atoms. The SMILES string of the molecule is CC(C)(O)CN1CCN(C(=O)N2CCC(C(=O)O)C2)CC1. The van der Waals surface area contributed by atoms with Crippen LogP contribution in [0.25, 0.3) is 0 Å². The standard InChI is InChI=1S/C14H25N3O4/c1-14(2,21)10-15-5-7-16(8-6-15)13(20)17-4-3-11(9-17)12(18)19/h11,21H,3-10H2,1-2H3,(H,18,19). The molecule has 2 saturated heterocycles. The predicted molar refractivity (Wildman–Crippen MR) is 77.0 cm³/mol. The van der Waals surface area contributed by atoms with E-state index in [1.807, 2.05) is 0 Å². The molecule has 1 unspecified atom stereocenters. The summed E-state index contributed by atoms with van der Waals surface area (Å²) >= 11 is 0. The highest BCUT2D eigenvalue weighted by atomic mass is 16.4. The number of amides is 2. The number of nitrogens with zero attached hydrogens (tertiary/aromatic N) is 3. The second-order valence-corrected chi connectivity index (χ2v) is 6.63. The van der Waals surface area contributed by atoms with Gasteiger partial charge in [-0.15, -0.1) is 0 Å². The van der Waals surface area contributed by atoms with Gasteiger partial charge in [-0.3, -0.25) is 9.69 Å². The van der Waals surface area contributed by atoms with Gasteiger partial charge in [-0.05, 0) is 20.3 Å². The molecule has 0 bridgehead atoms. The number of carboxylic acid groups (broad SMARTS) is 1. The second kappa shape index (κ2) is 6.19. The molecule has 2 heterocycles. The van der Waals surface area contributed by atoms with E-state index in [-0.39, 0.29) is 6.03 Å². The van der Waals surface area contributed by atoms with Crippen LogP contribution >= 0.6 is 0 Å². The third-order valence-corrected chi connectivity index (χ3v) is 4.06. The zero-order valence-electron chi connectivity index (χ0n) is 12.8. The number of hydrogen-bond donors (Lipinski definition) is 2. The Balaban J connectivity index is 1.80. The maximum atomic E-state index is 12.4. The highest BCUT2D eigenvalue weighted by molar-refractivity contribution is 5.77. The van der Waals surface area contributed by atoms with Gasteiger partial charge < -0.3 is 20.0 Å². The van der Waals surface area contributed by atoms with Gasteiger partial charge in [0.2, 0.25) is 0 Å². The molecule has 0 aromatic carbocycles. The predicted octanol–water partition coefficient (Wildman–Crippen LogP) is -0.0986. The number of aliphatic hydroxyl groups is 1. The van der Waals surface area contributed by atoms with Gasteiger partial charge >= 0.3 is 12.0 Å². The van der Waals surface area contributed by atoms with Gasteiger partial charge in [0.05, 0.1) is 11.5 Å². The average molecular weight is 299 g/mol. The van der Waals surface area contributed by atoms with E-state index < -0.39 is 17.5 Å². The Kier molecular flexibility index (Phi) is 4.73. The maximum Gasteiger partial charge on any atom is 0.320 e. The number of β-amino-alcohol motifs (C(OH)–C–C–N with tert-alkyl or cyclic N) is 1. The summed E-state index contributed by atoms with van der Waals surface area (Å²) in [6.45, 7) is 7.74. The molecule has 0 aromatic rings. The van der Waals surface area contributed by atoms with E-state index in [2.05, 4.69) is 4.90 Å². The fourth-order valence-electron chi connectivity index (χ4n) is 2.98. The van der Waals surface area contributed by atoms with Crippen LogP contribution < -0.4 is 0 Å². The number of likely N-dealkylation sites (tertiary alicyclic amines) is 1. The van der Waals surface area contributed by atoms with Crippen LogP contribution in [0.1, 0.15) is 20.3 Å². The summed E-state index contributed by atoms with van der Waals surface area (Å²) in [7, 11) is 0. The number of hydrogen-bond acceptors (Lipinski definition) is 4. The lowest BCUT2D eigenvalue weighted by atomic mass is 10.1. The van der Waals surface area contributed by atoms with Crippen molar-refractivity contribution in [2.75, 3.05) is 45.8 Å². The number of piperazine rings is 1. The summed E-state index contributed by atoms with van der Waals surface area (Å²) < 4.78 is 0. The molecule has 7 heteroatoms. The summed E-state index contributed by atoms with van der Waals surface area (Å²) in [5.41, 5.74) is -0.726. The molecule has 21 heavy (non-hydrogen) atoms. The fourth-order valence-corrected chi connectivity index (χ4v) is 2.98. The Morgan fingerprint density at radius 1 is 1.10 bits per heavy atom. The minimum Gasteiger partial charge on any atom is -0.481 e. The number of urea groups is 1. The quantitative estimate of drug-likeness (QED) is 0.760. The van der Waals surface area contributed by atoms with Gasteiger partial charge in [-0.1, -0.05) is 0 Å². The number of aliphatic carboxylic acids is 1. The van der Waals surface area contributed by atoms with Crippen molar-refractivity contribution >= 4 is 12.0 Å². The smallest absolute Gasteiger partial charge is 0.320 e. The van der Waals surface area contributed by atoms with E-state index in [0.717, 1.165) is 13.1 Å². The normalized spacial score (nSPS) is 24.4. The number of carbonyl (C=O) groups is 2. The molecule has 2 rings (SSSR count). The second-order valence-electron chi connectivity index (χ2n) is 6.63. The van der Waals surface area contributed by atoms with Gasteiger partial charge in [0.25, 0.3) is 0 Å². The topological polar surface area (TPSA) is 84.3 Å². The van der Waals surface area contributed by atoms with Crippen LogP contribution in [0, 0.1) is 5.92 Å². The number of rotatable bonds is 3. The Labute approximate surface area is 125 Å². The molecule has 2 aliphatic rings. The number of carbonyl (C=O) groups excluding carboxylic acids is 1. The van der Waals surface area contributed by atoms with Crippen LogP contribution in [0.2, 0.25) is 0 Å². The van der Waals surface area contributed by atoms with E-state index in [9.17, 15) is 14.7 Å². The van der Waals surface area contributed by atoms with Crippen LogP contribution in [0.4, 0.5) is 4.79 Å². The Bertz CT molecular complexity index is 400. The summed E-state index contributed by atoms with van der Waals surface area (Å²) in [6, 6.07) is -0.0540. The van der Waals surface area contributed by atoms with Crippen molar-refractivity contribution < 1.29 is 19.8 Å². The fraction of sp³-hybridized carbons (Fsp3) is 0.857. The molecule has 1 atom stereocenters. The first-order valence-electron chi connectivity index (χ1n) is 7.47. The first-order chi connectivity index (χ1) is 9.76. The molecule has 2 N–H and O–H groups in total. The summed E-state index contributed by atoms with van der Waals surface area (Å²) in [5, 5.41) is 18.8. The minimum absolute atomic E-state index is 0.0540. The van der Waals surface area contributed by atoms with Crippen molar-refractivity contribution in [2.45, 2.75) is 25.9 Å². The number of carboxylic acids is 1. The summed E-state index contributed by atoms with van der Waals surface area (Å²) in [5.74, 6) is -1.24. The zero-order chi connectivity index (χ0) is 15.6. The molecule has 2 aliphatic heterocycles. The molecule has 0 aromatic heterocycles. The summed E-state index contributed by atoms with van der Waals surface area (Å²) in [4.78, 5) is 28.9. The monoisotopic (exact) mass is 299 g/mol. The van der Waals surface area contributed by atoms with Crippen molar-refractivity contribution in [1.82, 2.24) is 14.7 Å². The van der Waals surface area contributed by atoms with Gasteiger partial charge in [-0.25, -0.2) is 4.79 Å². The van der Waals surface area contributed by atoms with E-state index in [0.29, 0.717) is 39.1 Å². The van der Waals surface area contributed by atoms with Crippen molar-refractivity contribution in [1.29, 1.82) is 0 Å².